The lowest BCUT2D eigenvalue weighted by atomic mass is 10.0. The molecule has 2 heteroatoms. The van der Waals surface area contributed by atoms with E-state index < -0.39 is 0 Å². The van der Waals surface area contributed by atoms with E-state index in [0.717, 1.165) is 17.9 Å². The fourth-order valence-electron chi connectivity index (χ4n) is 2.55. The molecular formula is C11H18N2. The molecule has 0 bridgehead atoms. The van der Waals surface area contributed by atoms with E-state index in [1.54, 1.807) is 0 Å². The number of nitrogens with zero attached hydrogens (tertiary/aromatic N) is 1. The maximum absolute atomic E-state index is 4.45. The third kappa shape index (κ3) is 1.47. The Kier molecular flexibility index (Phi) is 1.64. The van der Waals surface area contributed by atoms with Crippen molar-refractivity contribution in [3.63, 3.8) is 0 Å². The molecule has 72 valence electrons. The van der Waals surface area contributed by atoms with Gasteiger partial charge in [0.1, 0.15) is 0 Å². The highest BCUT2D eigenvalue weighted by molar-refractivity contribution is 5.83. The lowest BCUT2D eigenvalue weighted by molar-refractivity contribution is 0.433. The Bertz CT molecular complexity index is 236. The lowest BCUT2D eigenvalue weighted by Gasteiger charge is -2.15. The molecule has 0 radical (unpaired) electrons. The zero-order valence-corrected chi connectivity index (χ0v) is 8.18. The zero-order chi connectivity index (χ0) is 8.73. The van der Waals surface area contributed by atoms with Gasteiger partial charge in [0.15, 0.2) is 0 Å². The number of hydrogen-bond acceptors (Lipinski definition) is 2. The van der Waals surface area contributed by atoms with Crippen molar-refractivity contribution in [2.45, 2.75) is 38.5 Å². The lowest BCUT2D eigenvalue weighted by Crippen LogP contribution is -2.29. The van der Waals surface area contributed by atoms with Crippen molar-refractivity contribution in [2.75, 3.05) is 13.1 Å². The molecule has 1 heterocycles. The second-order valence-corrected chi connectivity index (χ2v) is 4.92. The van der Waals surface area contributed by atoms with Crippen LogP contribution in [0, 0.1) is 11.3 Å². The van der Waals surface area contributed by atoms with Crippen molar-refractivity contribution in [1.82, 2.24) is 5.32 Å². The smallest absolute Gasteiger partial charge is 0.0963 e. The molecule has 0 unspecified atom stereocenters. The minimum atomic E-state index is 0.727. The number of hydrogen-bond donors (Lipinski definition) is 1. The van der Waals surface area contributed by atoms with Gasteiger partial charge in [-0.2, -0.15) is 0 Å². The van der Waals surface area contributed by atoms with Crippen LogP contribution in [0.3, 0.4) is 0 Å². The Balaban J connectivity index is 1.52. The summed E-state index contributed by atoms with van der Waals surface area (Å²) >= 11 is 0. The molecule has 0 atom stereocenters. The number of aliphatic imine (C=N–C) groups is 1. The number of amidine groups is 1. The molecule has 13 heavy (non-hydrogen) atoms. The Morgan fingerprint density at radius 2 is 2.23 bits per heavy atom. The Morgan fingerprint density at radius 3 is 2.77 bits per heavy atom. The van der Waals surface area contributed by atoms with Crippen molar-refractivity contribution in [2.24, 2.45) is 16.3 Å². The summed E-state index contributed by atoms with van der Waals surface area (Å²) < 4.78 is 0. The summed E-state index contributed by atoms with van der Waals surface area (Å²) in [6.07, 6.45) is 8.39. The van der Waals surface area contributed by atoms with Gasteiger partial charge in [-0.15, -0.1) is 0 Å². The summed E-state index contributed by atoms with van der Waals surface area (Å²) in [4.78, 5) is 4.45. The SMILES string of the molecule is C1CN=C(NCC2(C3CC3)CC2)C1. The van der Waals surface area contributed by atoms with Gasteiger partial charge in [0.05, 0.1) is 5.84 Å². The van der Waals surface area contributed by atoms with E-state index in [1.807, 2.05) is 0 Å². The average Bonchev–Trinajstić information content (AvgIpc) is 3.02. The minimum absolute atomic E-state index is 0.727. The molecule has 0 aromatic heterocycles. The van der Waals surface area contributed by atoms with Gasteiger partial charge in [-0.05, 0) is 43.4 Å². The molecule has 1 N–H and O–H groups in total. The van der Waals surface area contributed by atoms with Crippen LogP contribution in [0.15, 0.2) is 4.99 Å². The Labute approximate surface area is 79.8 Å². The van der Waals surface area contributed by atoms with Gasteiger partial charge in [0.25, 0.3) is 0 Å². The van der Waals surface area contributed by atoms with E-state index in [9.17, 15) is 0 Å². The molecule has 2 saturated carbocycles. The van der Waals surface area contributed by atoms with Crippen molar-refractivity contribution in [3.8, 4) is 0 Å². The number of nitrogens with one attached hydrogen (secondary N) is 1. The van der Waals surface area contributed by atoms with Gasteiger partial charge in [-0.25, -0.2) is 0 Å². The van der Waals surface area contributed by atoms with Crippen LogP contribution < -0.4 is 5.32 Å². The van der Waals surface area contributed by atoms with Gasteiger partial charge < -0.3 is 5.32 Å². The molecule has 0 saturated heterocycles. The van der Waals surface area contributed by atoms with Crippen LogP contribution in [0.4, 0.5) is 0 Å². The minimum Gasteiger partial charge on any atom is -0.373 e. The first-order valence-corrected chi connectivity index (χ1v) is 5.66. The molecule has 0 aromatic rings. The van der Waals surface area contributed by atoms with E-state index >= 15 is 0 Å². The molecule has 3 rings (SSSR count). The van der Waals surface area contributed by atoms with Gasteiger partial charge in [0.2, 0.25) is 0 Å². The molecule has 3 aliphatic rings. The predicted octanol–water partition coefficient (Wildman–Crippen LogP) is 1.96. The summed E-state index contributed by atoms with van der Waals surface area (Å²) in [5.41, 5.74) is 0.727. The normalized spacial score (nSPS) is 30.0. The highest BCUT2D eigenvalue weighted by Crippen LogP contribution is 2.60. The number of rotatable bonds is 3. The fraction of sp³-hybridized carbons (Fsp3) is 0.909. The van der Waals surface area contributed by atoms with Crippen LogP contribution >= 0.6 is 0 Å². The maximum atomic E-state index is 4.45. The highest BCUT2D eigenvalue weighted by atomic mass is 15.0. The van der Waals surface area contributed by atoms with Crippen molar-refractivity contribution in [3.05, 3.63) is 0 Å². The van der Waals surface area contributed by atoms with Crippen LogP contribution in [0.1, 0.15) is 38.5 Å². The van der Waals surface area contributed by atoms with Crippen LogP contribution in [-0.2, 0) is 0 Å². The van der Waals surface area contributed by atoms with E-state index in [-0.39, 0.29) is 0 Å². The Hall–Kier alpha value is -0.530. The van der Waals surface area contributed by atoms with Gasteiger partial charge in [-0.1, -0.05) is 0 Å². The van der Waals surface area contributed by atoms with Gasteiger partial charge in [0, 0.05) is 19.5 Å². The van der Waals surface area contributed by atoms with Crippen LogP contribution in [0.25, 0.3) is 0 Å². The zero-order valence-electron chi connectivity index (χ0n) is 8.18. The van der Waals surface area contributed by atoms with Crippen molar-refractivity contribution >= 4 is 5.84 Å². The third-order valence-electron chi connectivity index (χ3n) is 3.85. The maximum Gasteiger partial charge on any atom is 0.0963 e. The molecule has 0 amide bonds. The highest BCUT2D eigenvalue weighted by Gasteiger charge is 2.53. The fourth-order valence-corrected chi connectivity index (χ4v) is 2.55. The predicted molar refractivity (Wildman–Crippen MR) is 53.9 cm³/mol. The molecular weight excluding hydrogens is 160 g/mol. The van der Waals surface area contributed by atoms with Crippen LogP contribution in [-0.4, -0.2) is 18.9 Å². The third-order valence-corrected chi connectivity index (χ3v) is 3.85. The van der Waals surface area contributed by atoms with E-state index in [1.165, 1.54) is 50.9 Å². The van der Waals surface area contributed by atoms with E-state index in [2.05, 4.69) is 10.3 Å². The van der Waals surface area contributed by atoms with Crippen LogP contribution in [0.5, 0.6) is 0 Å². The summed E-state index contributed by atoms with van der Waals surface area (Å²) in [7, 11) is 0. The monoisotopic (exact) mass is 178 g/mol. The quantitative estimate of drug-likeness (QED) is 0.702. The van der Waals surface area contributed by atoms with E-state index in [0.29, 0.717) is 0 Å². The molecule has 2 aliphatic carbocycles. The molecule has 2 fully saturated rings. The second kappa shape index (κ2) is 2.73. The average molecular weight is 178 g/mol. The van der Waals surface area contributed by atoms with Crippen molar-refractivity contribution < 1.29 is 0 Å². The van der Waals surface area contributed by atoms with Gasteiger partial charge >= 0.3 is 0 Å². The largest absolute Gasteiger partial charge is 0.373 e. The summed E-state index contributed by atoms with van der Waals surface area (Å²) in [5, 5.41) is 3.56. The van der Waals surface area contributed by atoms with Crippen LogP contribution in [0.2, 0.25) is 0 Å². The first-order valence-electron chi connectivity index (χ1n) is 5.66. The topological polar surface area (TPSA) is 24.4 Å². The van der Waals surface area contributed by atoms with E-state index in [4.69, 9.17) is 0 Å². The standard InChI is InChI=1S/C11H18N2/c1-2-10(12-7-1)13-8-11(5-6-11)9-3-4-9/h9H,1-8H2,(H,12,13). The van der Waals surface area contributed by atoms with Gasteiger partial charge in [-0.3, -0.25) is 4.99 Å². The summed E-state index contributed by atoms with van der Waals surface area (Å²) in [6, 6.07) is 0. The molecule has 0 aromatic carbocycles. The molecule has 0 spiro atoms. The molecule has 1 aliphatic heterocycles. The first-order chi connectivity index (χ1) is 6.39. The first kappa shape index (κ1) is 7.84. The summed E-state index contributed by atoms with van der Waals surface area (Å²) in [6.45, 7) is 2.27. The second-order valence-electron chi connectivity index (χ2n) is 4.92. The Morgan fingerprint density at radius 1 is 1.38 bits per heavy atom. The summed E-state index contributed by atoms with van der Waals surface area (Å²) in [5.74, 6) is 2.36. The van der Waals surface area contributed by atoms with Crippen molar-refractivity contribution in [1.29, 1.82) is 0 Å². The molecule has 2 nitrogen and oxygen atoms in total.